The molecule has 0 aromatic heterocycles. The van der Waals surface area contributed by atoms with Crippen LogP contribution in [0.15, 0.2) is 54.6 Å². The third-order valence-corrected chi connectivity index (χ3v) is 4.91. The van der Waals surface area contributed by atoms with E-state index >= 15 is 0 Å². The number of primary amides is 1. The standard InChI is InChI=1S/C23H29N3O4/c1-4-15(2)18-12-8-9-13-19(18)25-21(27)16(3)30-22(28)20(26-23(24)29)14-17-10-6-5-7-11-17/h5-13,15-16,20H,4,14H2,1-3H3,(H,25,27)(H3,24,26,29)/t15-,16+,20+/m1/s1. The fourth-order valence-corrected chi connectivity index (χ4v) is 3.02. The Balaban J connectivity index is 2.05. The van der Waals surface area contributed by atoms with Crippen LogP contribution >= 0.6 is 0 Å². The number of nitrogens with two attached hydrogens (primary N) is 1. The summed E-state index contributed by atoms with van der Waals surface area (Å²) in [6, 6.07) is 14.9. The lowest BCUT2D eigenvalue weighted by Gasteiger charge is -2.21. The van der Waals surface area contributed by atoms with Crippen LogP contribution in [0.3, 0.4) is 0 Å². The van der Waals surface area contributed by atoms with Crippen LogP contribution in [-0.2, 0) is 20.7 Å². The third-order valence-electron chi connectivity index (χ3n) is 4.91. The lowest BCUT2D eigenvalue weighted by Crippen LogP contribution is -2.47. The zero-order valence-corrected chi connectivity index (χ0v) is 17.6. The zero-order valence-electron chi connectivity index (χ0n) is 17.6. The summed E-state index contributed by atoms with van der Waals surface area (Å²) in [6.07, 6.45) is 0.0842. The average molecular weight is 412 g/mol. The van der Waals surface area contributed by atoms with Gasteiger partial charge in [-0.1, -0.05) is 62.4 Å². The highest BCUT2D eigenvalue weighted by Crippen LogP contribution is 2.26. The molecular weight excluding hydrogens is 382 g/mol. The number of nitrogens with one attached hydrogen (secondary N) is 2. The molecule has 160 valence electrons. The van der Waals surface area contributed by atoms with Gasteiger partial charge in [-0.2, -0.15) is 0 Å². The fraction of sp³-hybridized carbons (Fsp3) is 0.348. The smallest absolute Gasteiger partial charge is 0.329 e. The van der Waals surface area contributed by atoms with Crippen molar-refractivity contribution in [3.63, 3.8) is 0 Å². The number of urea groups is 1. The molecule has 0 bridgehead atoms. The minimum Gasteiger partial charge on any atom is -0.451 e. The van der Waals surface area contributed by atoms with Crippen molar-refractivity contribution in [2.45, 2.75) is 51.7 Å². The van der Waals surface area contributed by atoms with Gasteiger partial charge in [0.05, 0.1) is 0 Å². The second-order valence-corrected chi connectivity index (χ2v) is 7.22. The monoisotopic (exact) mass is 411 g/mol. The molecule has 0 radical (unpaired) electrons. The molecule has 2 aromatic carbocycles. The Morgan fingerprint density at radius 1 is 1.00 bits per heavy atom. The van der Waals surface area contributed by atoms with Gasteiger partial charge in [-0.05, 0) is 36.5 Å². The Hall–Kier alpha value is -3.35. The number of hydrogen-bond donors (Lipinski definition) is 3. The fourth-order valence-electron chi connectivity index (χ4n) is 3.02. The van der Waals surface area contributed by atoms with Crippen LogP contribution in [0.1, 0.15) is 44.2 Å². The van der Waals surface area contributed by atoms with Crippen LogP contribution in [0, 0.1) is 0 Å². The third kappa shape index (κ3) is 6.62. The highest BCUT2D eigenvalue weighted by Gasteiger charge is 2.26. The molecule has 0 heterocycles. The van der Waals surface area contributed by atoms with Crippen molar-refractivity contribution in [1.82, 2.24) is 5.32 Å². The minimum atomic E-state index is -1.05. The molecule has 0 saturated carbocycles. The predicted molar refractivity (Wildman–Crippen MR) is 116 cm³/mol. The minimum absolute atomic E-state index is 0.202. The maximum absolute atomic E-state index is 12.6. The lowest BCUT2D eigenvalue weighted by molar-refractivity contribution is -0.155. The van der Waals surface area contributed by atoms with E-state index in [1.807, 2.05) is 54.6 Å². The number of carbonyl (C=O) groups is 3. The van der Waals surface area contributed by atoms with Crippen molar-refractivity contribution in [2.75, 3.05) is 5.32 Å². The van der Waals surface area contributed by atoms with Gasteiger partial charge >= 0.3 is 12.0 Å². The number of hydrogen-bond acceptors (Lipinski definition) is 4. The number of rotatable bonds is 9. The van der Waals surface area contributed by atoms with E-state index in [2.05, 4.69) is 24.5 Å². The first-order valence-corrected chi connectivity index (χ1v) is 10.0. The largest absolute Gasteiger partial charge is 0.451 e. The van der Waals surface area contributed by atoms with Gasteiger partial charge in [0.1, 0.15) is 6.04 Å². The van der Waals surface area contributed by atoms with E-state index in [1.54, 1.807) is 0 Å². The first-order valence-electron chi connectivity index (χ1n) is 10.0. The van der Waals surface area contributed by atoms with Gasteiger partial charge in [0.2, 0.25) is 0 Å². The zero-order chi connectivity index (χ0) is 22.1. The summed E-state index contributed by atoms with van der Waals surface area (Å²) in [5.74, 6) is -0.901. The number of para-hydroxylation sites is 1. The van der Waals surface area contributed by atoms with Crippen LogP contribution in [-0.4, -0.2) is 30.1 Å². The molecule has 3 atom stereocenters. The summed E-state index contributed by atoms with van der Waals surface area (Å²) in [5.41, 5.74) is 7.73. The Labute approximate surface area is 177 Å². The quantitative estimate of drug-likeness (QED) is 0.550. The molecule has 0 unspecified atom stereocenters. The Morgan fingerprint density at radius 2 is 1.63 bits per heavy atom. The summed E-state index contributed by atoms with van der Waals surface area (Å²) in [7, 11) is 0. The molecule has 0 spiro atoms. The van der Waals surface area contributed by atoms with Gasteiger partial charge in [-0.15, -0.1) is 0 Å². The number of esters is 1. The van der Waals surface area contributed by atoms with Crippen LogP contribution < -0.4 is 16.4 Å². The first-order chi connectivity index (χ1) is 14.3. The highest BCUT2D eigenvalue weighted by atomic mass is 16.5. The van der Waals surface area contributed by atoms with Crippen molar-refractivity contribution in [2.24, 2.45) is 5.73 Å². The molecule has 0 saturated heterocycles. The van der Waals surface area contributed by atoms with Crippen LogP contribution in [0.5, 0.6) is 0 Å². The summed E-state index contributed by atoms with van der Waals surface area (Å²) in [5, 5.41) is 5.22. The van der Waals surface area contributed by atoms with Crippen molar-refractivity contribution in [3.8, 4) is 0 Å². The molecule has 30 heavy (non-hydrogen) atoms. The molecule has 7 nitrogen and oxygen atoms in total. The van der Waals surface area contributed by atoms with Crippen molar-refractivity contribution in [3.05, 3.63) is 65.7 Å². The van der Waals surface area contributed by atoms with Gasteiger partial charge in [-0.25, -0.2) is 9.59 Å². The van der Waals surface area contributed by atoms with E-state index in [4.69, 9.17) is 10.5 Å². The molecular formula is C23H29N3O4. The lowest BCUT2D eigenvalue weighted by atomic mass is 9.97. The number of ether oxygens (including phenoxy) is 1. The van der Waals surface area contributed by atoms with Crippen molar-refractivity contribution >= 4 is 23.6 Å². The van der Waals surface area contributed by atoms with Crippen molar-refractivity contribution in [1.29, 1.82) is 0 Å². The van der Waals surface area contributed by atoms with Gasteiger partial charge < -0.3 is 21.1 Å². The summed E-state index contributed by atoms with van der Waals surface area (Å²) in [4.78, 5) is 36.5. The summed E-state index contributed by atoms with van der Waals surface area (Å²) < 4.78 is 5.33. The Bertz CT molecular complexity index is 870. The van der Waals surface area contributed by atoms with Gasteiger partial charge in [0, 0.05) is 12.1 Å². The maximum atomic E-state index is 12.6. The van der Waals surface area contributed by atoms with E-state index in [0.29, 0.717) is 5.69 Å². The number of anilines is 1. The highest BCUT2D eigenvalue weighted by molar-refractivity contribution is 5.96. The second-order valence-electron chi connectivity index (χ2n) is 7.22. The Kier molecular flexibility index (Phi) is 8.41. The van der Waals surface area contributed by atoms with E-state index in [1.165, 1.54) is 6.92 Å². The molecule has 2 rings (SSSR count). The van der Waals surface area contributed by atoms with Crippen LogP contribution in [0.2, 0.25) is 0 Å². The van der Waals surface area contributed by atoms with Gasteiger partial charge in [-0.3, -0.25) is 4.79 Å². The normalized spacial score (nSPS) is 13.6. The molecule has 4 N–H and O–H groups in total. The maximum Gasteiger partial charge on any atom is 0.329 e. The number of benzene rings is 2. The molecule has 2 aromatic rings. The molecule has 3 amide bonds. The topological polar surface area (TPSA) is 111 Å². The van der Waals surface area contributed by atoms with Crippen LogP contribution in [0.25, 0.3) is 0 Å². The molecule has 0 aliphatic rings. The average Bonchev–Trinajstić information content (AvgIpc) is 2.73. The summed E-state index contributed by atoms with van der Waals surface area (Å²) in [6.45, 7) is 5.65. The van der Waals surface area contributed by atoms with Crippen molar-refractivity contribution < 1.29 is 19.1 Å². The SMILES string of the molecule is CC[C@@H](C)c1ccccc1NC(=O)[C@H](C)OC(=O)[C@H](Cc1ccccc1)NC(N)=O. The number of amides is 3. The van der Waals surface area contributed by atoms with E-state index in [9.17, 15) is 14.4 Å². The van der Waals surface area contributed by atoms with Crippen LogP contribution in [0.4, 0.5) is 10.5 Å². The Morgan fingerprint density at radius 3 is 2.27 bits per heavy atom. The van der Waals surface area contributed by atoms with E-state index < -0.39 is 30.1 Å². The predicted octanol–water partition coefficient (Wildman–Crippen LogP) is 3.35. The molecule has 0 fully saturated rings. The van der Waals surface area contributed by atoms with Gasteiger partial charge in [0.25, 0.3) is 5.91 Å². The molecule has 7 heteroatoms. The molecule has 0 aliphatic heterocycles. The van der Waals surface area contributed by atoms with Gasteiger partial charge in [0.15, 0.2) is 6.10 Å². The number of carbonyl (C=O) groups excluding carboxylic acids is 3. The molecule has 0 aliphatic carbocycles. The summed E-state index contributed by atoms with van der Waals surface area (Å²) >= 11 is 0. The second kappa shape index (κ2) is 11.0. The first kappa shape index (κ1) is 22.9. The van der Waals surface area contributed by atoms with E-state index in [-0.39, 0.29) is 12.3 Å². The van der Waals surface area contributed by atoms with E-state index in [0.717, 1.165) is 17.5 Å².